The Hall–Kier alpha value is -2.62. The van der Waals surface area contributed by atoms with Gasteiger partial charge in [0.2, 0.25) is 11.8 Å². The number of carbonyl (C=O) groups excluding carboxylic acids is 1. The van der Waals surface area contributed by atoms with Crippen molar-refractivity contribution in [3.8, 4) is 5.88 Å². The first-order chi connectivity index (χ1) is 14.0. The molecule has 0 unspecified atom stereocenters. The minimum absolute atomic E-state index is 0.0938. The van der Waals surface area contributed by atoms with Gasteiger partial charge in [-0.1, -0.05) is 18.2 Å². The zero-order valence-electron chi connectivity index (χ0n) is 16.4. The molecule has 0 N–H and O–H groups in total. The number of carbonyl (C=O) groups is 1. The van der Waals surface area contributed by atoms with E-state index >= 15 is 0 Å². The summed E-state index contributed by atoms with van der Waals surface area (Å²) in [5.74, 6) is -0.310. The third-order valence-electron chi connectivity index (χ3n) is 4.73. The van der Waals surface area contributed by atoms with Gasteiger partial charge in [0.05, 0.1) is 29.7 Å². The molecule has 1 saturated heterocycles. The quantitative estimate of drug-likeness (QED) is 0.687. The van der Waals surface area contributed by atoms with Crippen molar-refractivity contribution < 1.29 is 31.1 Å². The summed E-state index contributed by atoms with van der Waals surface area (Å²) in [7, 11) is -3.37. The number of sulfone groups is 1. The Labute approximate surface area is 172 Å². The second-order valence-corrected chi connectivity index (χ2v) is 9.82. The monoisotopic (exact) mass is 442 g/mol. The van der Waals surface area contributed by atoms with Crippen LogP contribution in [0.4, 0.5) is 13.2 Å². The van der Waals surface area contributed by atoms with Crippen molar-refractivity contribution in [2.45, 2.75) is 42.7 Å². The van der Waals surface area contributed by atoms with Crippen LogP contribution >= 0.6 is 0 Å². The van der Waals surface area contributed by atoms with E-state index in [0.29, 0.717) is 5.56 Å². The maximum absolute atomic E-state index is 12.7. The molecule has 0 spiro atoms. The third kappa shape index (κ3) is 4.92. The topological polar surface area (TPSA) is 76.6 Å². The molecule has 10 heteroatoms. The molecular weight excluding hydrogens is 421 g/mol. The molecule has 1 aliphatic heterocycles. The molecule has 3 rings (SSSR count). The number of alkyl halides is 3. The van der Waals surface area contributed by atoms with Crippen LogP contribution in [0.3, 0.4) is 0 Å². The minimum Gasteiger partial charge on any atom is -0.471 e. The molecule has 2 aromatic rings. The van der Waals surface area contributed by atoms with Gasteiger partial charge in [-0.05, 0) is 37.6 Å². The predicted molar refractivity (Wildman–Crippen MR) is 103 cm³/mol. The van der Waals surface area contributed by atoms with Crippen LogP contribution in [0.2, 0.25) is 0 Å². The summed E-state index contributed by atoms with van der Waals surface area (Å²) >= 11 is 0. The molecule has 1 amide bonds. The second-order valence-electron chi connectivity index (χ2n) is 7.31. The van der Waals surface area contributed by atoms with Gasteiger partial charge < -0.3 is 9.64 Å². The second kappa shape index (κ2) is 8.25. The van der Waals surface area contributed by atoms with E-state index in [1.807, 2.05) is 0 Å². The Morgan fingerprint density at radius 1 is 1.17 bits per heavy atom. The van der Waals surface area contributed by atoms with Gasteiger partial charge in [-0.2, -0.15) is 13.2 Å². The number of hydrogen-bond acceptors (Lipinski definition) is 5. The number of pyridine rings is 1. The van der Waals surface area contributed by atoms with Crippen molar-refractivity contribution in [3.63, 3.8) is 0 Å². The van der Waals surface area contributed by atoms with Crippen molar-refractivity contribution in [1.29, 1.82) is 0 Å². The molecule has 1 aliphatic rings. The molecule has 2 heterocycles. The van der Waals surface area contributed by atoms with Crippen molar-refractivity contribution in [2.24, 2.45) is 0 Å². The first kappa shape index (κ1) is 22.1. The number of halogens is 3. The number of amides is 1. The lowest BCUT2D eigenvalue weighted by Crippen LogP contribution is -2.56. The molecule has 0 saturated carbocycles. The number of nitrogens with zero attached hydrogens (tertiary/aromatic N) is 2. The highest BCUT2D eigenvalue weighted by atomic mass is 32.2. The van der Waals surface area contributed by atoms with Crippen LogP contribution in [0, 0.1) is 0 Å². The molecule has 0 bridgehead atoms. The van der Waals surface area contributed by atoms with Crippen molar-refractivity contribution in [1.82, 2.24) is 9.88 Å². The van der Waals surface area contributed by atoms with Crippen LogP contribution in [0.25, 0.3) is 0 Å². The van der Waals surface area contributed by atoms with E-state index in [2.05, 4.69) is 4.98 Å². The van der Waals surface area contributed by atoms with Crippen molar-refractivity contribution in [3.05, 3.63) is 53.7 Å². The van der Waals surface area contributed by atoms with E-state index in [0.717, 1.165) is 6.07 Å². The fraction of sp³-hybridized carbons (Fsp3) is 0.400. The molecule has 0 radical (unpaired) electrons. The lowest BCUT2D eigenvalue weighted by molar-refractivity contribution is -0.141. The molecule has 1 fully saturated rings. The Bertz CT molecular complexity index is 1020. The van der Waals surface area contributed by atoms with Gasteiger partial charge >= 0.3 is 6.18 Å². The van der Waals surface area contributed by atoms with Gasteiger partial charge in [-0.3, -0.25) is 4.79 Å². The zero-order valence-corrected chi connectivity index (χ0v) is 17.2. The largest absolute Gasteiger partial charge is 0.471 e. The van der Waals surface area contributed by atoms with Crippen molar-refractivity contribution in [2.75, 3.05) is 13.1 Å². The first-order valence-corrected chi connectivity index (χ1v) is 10.8. The summed E-state index contributed by atoms with van der Waals surface area (Å²) in [6, 6.07) is 9.60. The number of likely N-dealkylation sites (tertiary alicyclic amines) is 1. The molecular formula is C20H21F3N2O4S. The van der Waals surface area contributed by atoms with Crippen LogP contribution in [0.5, 0.6) is 5.88 Å². The highest BCUT2D eigenvalue weighted by molar-refractivity contribution is 7.92. The number of ether oxygens (including phenoxy) is 1. The van der Waals surface area contributed by atoms with Crippen LogP contribution in [0.15, 0.2) is 47.4 Å². The van der Waals surface area contributed by atoms with E-state index in [1.54, 1.807) is 26.0 Å². The summed E-state index contributed by atoms with van der Waals surface area (Å²) in [6.07, 6.45) is -4.88. The molecule has 162 valence electrons. The first-order valence-electron chi connectivity index (χ1n) is 9.28. The molecule has 0 aliphatic carbocycles. The zero-order chi connectivity index (χ0) is 22.1. The van der Waals surface area contributed by atoms with Gasteiger partial charge in [0, 0.05) is 6.07 Å². The van der Waals surface area contributed by atoms with Crippen LogP contribution in [0.1, 0.15) is 25.1 Å². The smallest absolute Gasteiger partial charge is 0.433 e. The molecule has 1 aromatic carbocycles. The van der Waals surface area contributed by atoms with Crippen LogP contribution in [-0.4, -0.2) is 48.7 Å². The number of aromatic nitrogens is 1. The SMILES string of the molecule is CC(C)S(=O)(=O)c1ccc(CC(=O)N2CC(Oc3cccc(C(F)(F)F)n3)C2)cc1. The lowest BCUT2D eigenvalue weighted by atomic mass is 10.1. The highest BCUT2D eigenvalue weighted by Crippen LogP contribution is 2.29. The average molecular weight is 442 g/mol. The van der Waals surface area contributed by atoms with E-state index in [9.17, 15) is 26.4 Å². The molecule has 6 nitrogen and oxygen atoms in total. The number of rotatable bonds is 6. The van der Waals surface area contributed by atoms with Gasteiger partial charge in [-0.15, -0.1) is 0 Å². The Morgan fingerprint density at radius 3 is 2.37 bits per heavy atom. The summed E-state index contributed by atoms with van der Waals surface area (Å²) in [6.45, 7) is 3.70. The number of benzene rings is 1. The normalized spacial score (nSPS) is 15.2. The number of hydrogen-bond donors (Lipinski definition) is 0. The predicted octanol–water partition coefficient (Wildman–Crippen LogP) is 3.11. The van der Waals surface area contributed by atoms with E-state index < -0.39 is 33.1 Å². The molecule has 30 heavy (non-hydrogen) atoms. The fourth-order valence-electron chi connectivity index (χ4n) is 2.88. The molecule has 0 atom stereocenters. The Kier molecular flexibility index (Phi) is 6.07. The highest BCUT2D eigenvalue weighted by Gasteiger charge is 2.35. The van der Waals surface area contributed by atoms with Gasteiger partial charge in [0.15, 0.2) is 9.84 Å². The third-order valence-corrected chi connectivity index (χ3v) is 6.90. The van der Waals surface area contributed by atoms with E-state index in [-0.39, 0.29) is 36.2 Å². The lowest BCUT2D eigenvalue weighted by Gasteiger charge is -2.38. The van der Waals surface area contributed by atoms with Crippen molar-refractivity contribution >= 4 is 15.7 Å². The van der Waals surface area contributed by atoms with E-state index in [1.165, 1.54) is 29.2 Å². The summed E-state index contributed by atoms with van der Waals surface area (Å²) in [5.41, 5.74) is -0.359. The average Bonchev–Trinajstić information content (AvgIpc) is 2.64. The van der Waals surface area contributed by atoms with Crippen LogP contribution in [-0.2, 0) is 27.2 Å². The summed E-state index contributed by atoms with van der Waals surface area (Å²) in [5, 5.41) is -0.533. The minimum atomic E-state index is -4.55. The summed E-state index contributed by atoms with van der Waals surface area (Å²) < 4.78 is 67.8. The van der Waals surface area contributed by atoms with Gasteiger partial charge in [0.25, 0.3) is 0 Å². The van der Waals surface area contributed by atoms with E-state index in [4.69, 9.17) is 4.74 Å². The van der Waals surface area contributed by atoms with Gasteiger partial charge in [0.1, 0.15) is 11.8 Å². The van der Waals surface area contributed by atoms with Gasteiger partial charge in [-0.25, -0.2) is 13.4 Å². The summed E-state index contributed by atoms with van der Waals surface area (Å²) in [4.78, 5) is 17.5. The standard InChI is InChI=1S/C20H21F3N2O4S/c1-13(2)30(27,28)16-8-6-14(7-9-16)10-19(26)25-11-15(12-25)29-18-5-3-4-17(24-18)20(21,22)23/h3-9,13,15H,10-12H2,1-2H3. The Morgan fingerprint density at radius 2 is 1.80 bits per heavy atom. The fourth-order valence-corrected chi connectivity index (χ4v) is 3.94. The maximum atomic E-state index is 12.7. The Balaban J connectivity index is 1.52. The van der Waals surface area contributed by atoms with Crippen LogP contribution < -0.4 is 4.74 Å². The molecule has 1 aromatic heterocycles. The maximum Gasteiger partial charge on any atom is 0.433 e.